The quantitative estimate of drug-likeness (QED) is 0.197. The molecule has 1 spiro atoms. The molecule has 1 saturated carbocycles. The van der Waals surface area contributed by atoms with Gasteiger partial charge in [-0.3, -0.25) is 9.69 Å². The van der Waals surface area contributed by atoms with E-state index in [4.69, 9.17) is 23.7 Å². The van der Waals surface area contributed by atoms with Crippen LogP contribution in [-0.2, 0) is 28.5 Å². The molecule has 7 heteroatoms. The molecule has 7 nitrogen and oxygen atoms in total. The van der Waals surface area contributed by atoms with Crippen LogP contribution in [0, 0.1) is 35.5 Å². The molecule has 0 radical (unpaired) electrons. The number of hydrogen-bond acceptors (Lipinski definition) is 7. The highest BCUT2D eigenvalue weighted by molar-refractivity contribution is 5.83. The van der Waals surface area contributed by atoms with Crippen molar-refractivity contribution in [3.8, 4) is 0 Å². The number of methoxy groups -OCH3 is 1. The summed E-state index contributed by atoms with van der Waals surface area (Å²) in [7, 11) is 1.68. The second-order valence-corrected chi connectivity index (χ2v) is 15.2. The number of likely N-dealkylation sites (tertiary alicyclic amines) is 1. The van der Waals surface area contributed by atoms with Crippen LogP contribution in [0.3, 0.4) is 0 Å². The maximum atomic E-state index is 12.4. The molecular weight excluding hydrogens is 554 g/mol. The van der Waals surface area contributed by atoms with Crippen molar-refractivity contribution in [1.29, 1.82) is 0 Å². The molecule has 0 aromatic heterocycles. The fourth-order valence-corrected chi connectivity index (χ4v) is 10.6. The lowest BCUT2D eigenvalue weighted by atomic mass is 9.66. The maximum absolute atomic E-state index is 12.4. The lowest BCUT2D eigenvalue weighted by Gasteiger charge is -2.42. The average Bonchev–Trinajstić information content (AvgIpc) is 3.44. The van der Waals surface area contributed by atoms with Crippen LogP contribution in [0.2, 0.25) is 0 Å². The number of allylic oxidation sites excluding steroid dienone is 3. The first-order chi connectivity index (χ1) is 21.3. The molecule has 4 aliphatic carbocycles. The Hall–Kier alpha value is -1.09. The van der Waals surface area contributed by atoms with Gasteiger partial charge >= 0.3 is 0 Å². The number of fused-ring (bicyclic) bond motifs is 5. The van der Waals surface area contributed by atoms with Gasteiger partial charge in [0.1, 0.15) is 5.78 Å². The summed E-state index contributed by atoms with van der Waals surface area (Å²) in [5.41, 5.74) is 6.57. The van der Waals surface area contributed by atoms with E-state index in [9.17, 15) is 4.79 Å². The third-order valence-corrected chi connectivity index (χ3v) is 12.4. The molecular formula is C37H59NO6. The zero-order valence-corrected chi connectivity index (χ0v) is 28.2. The van der Waals surface area contributed by atoms with E-state index in [-0.39, 0.29) is 5.60 Å². The minimum atomic E-state index is -0.0434. The number of nitrogens with zero attached hydrogens (tertiary/aromatic N) is 1. The Balaban J connectivity index is 1.05. The minimum Gasteiger partial charge on any atom is -0.382 e. The number of carbonyl (C=O) groups excluding carboxylic acids is 1. The van der Waals surface area contributed by atoms with Gasteiger partial charge in [-0.2, -0.15) is 0 Å². The fraction of sp³-hybridized carbons (Fsp3) is 0.865. The van der Waals surface area contributed by atoms with Crippen LogP contribution in [0.4, 0.5) is 0 Å². The van der Waals surface area contributed by atoms with Crippen molar-refractivity contribution in [2.75, 3.05) is 66.4 Å². The zero-order chi connectivity index (χ0) is 30.8. The molecule has 0 bridgehead atoms. The summed E-state index contributed by atoms with van der Waals surface area (Å²) in [6.45, 7) is 16.1. The first-order valence-corrected chi connectivity index (χ1v) is 17.9. The Kier molecular flexibility index (Phi) is 10.7. The van der Waals surface area contributed by atoms with Crippen molar-refractivity contribution in [3.63, 3.8) is 0 Å². The second kappa shape index (κ2) is 14.4. The molecule has 3 fully saturated rings. The van der Waals surface area contributed by atoms with Gasteiger partial charge in [0.05, 0.1) is 58.0 Å². The summed E-state index contributed by atoms with van der Waals surface area (Å²) in [5, 5.41) is 0. The van der Waals surface area contributed by atoms with Gasteiger partial charge < -0.3 is 23.7 Å². The maximum Gasteiger partial charge on any atom is 0.137 e. The minimum absolute atomic E-state index is 0.0434. The normalized spacial score (nSPS) is 39.0. The summed E-state index contributed by atoms with van der Waals surface area (Å²) < 4.78 is 29.4. The number of carbonyl (C=O) groups is 1. The predicted molar refractivity (Wildman–Crippen MR) is 172 cm³/mol. The lowest BCUT2D eigenvalue weighted by molar-refractivity contribution is -0.119. The van der Waals surface area contributed by atoms with E-state index in [1.54, 1.807) is 23.8 Å². The SMILES string of the molecule is COCCOCCOCCOCCN1C[C@@H](C)C[C@H]2O[C@]3(CC[C@@H]4C(=C(C)C3)C[C@@H]3C5=C(CC[C@@H]43)CC(=O)C[C@H]5C)[C@H](C)[C@@H]21. The summed E-state index contributed by atoms with van der Waals surface area (Å²) >= 11 is 0. The van der Waals surface area contributed by atoms with Crippen molar-refractivity contribution < 1.29 is 28.5 Å². The van der Waals surface area contributed by atoms with Crippen LogP contribution in [0.25, 0.3) is 0 Å². The van der Waals surface area contributed by atoms with Crippen LogP contribution < -0.4 is 0 Å². The van der Waals surface area contributed by atoms with Gasteiger partial charge in [0, 0.05) is 45.0 Å². The molecule has 2 aliphatic heterocycles. The lowest BCUT2D eigenvalue weighted by Crippen LogP contribution is -2.52. The number of Topliss-reactive ketones (excluding diaryl/α,β-unsaturated/α-hetero) is 1. The third kappa shape index (κ3) is 6.66. The molecule has 9 atom stereocenters. The van der Waals surface area contributed by atoms with Crippen molar-refractivity contribution in [2.45, 2.75) is 103 Å². The Bertz CT molecular complexity index is 1090. The molecule has 0 aromatic carbocycles. The van der Waals surface area contributed by atoms with Crippen molar-refractivity contribution in [2.24, 2.45) is 35.5 Å². The van der Waals surface area contributed by atoms with Gasteiger partial charge in [0.25, 0.3) is 0 Å². The van der Waals surface area contributed by atoms with Gasteiger partial charge in [0.15, 0.2) is 0 Å². The van der Waals surface area contributed by atoms with Crippen molar-refractivity contribution in [3.05, 3.63) is 22.3 Å². The van der Waals surface area contributed by atoms with Gasteiger partial charge in [0.2, 0.25) is 0 Å². The van der Waals surface area contributed by atoms with Crippen LogP contribution >= 0.6 is 0 Å². The molecule has 6 rings (SSSR count). The Labute approximate surface area is 266 Å². The standard InChI is InChI=1S/C37H59NO6/c1-24-18-34-36(38(23-24)10-11-41-14-15-43-17-16-42-13-12-40-5)27(4)37(44-34)9-8-31-30-7-6-28-20-29(39)19-25(2)35(28)33(30)21-32(31)26(3)22-37/h24-25,27,30-31,33-34,36H,6-23H2,1-5H3/t24-,25+,27+,30-,31-,33-,34+,36-,37-/m0/s1. The van der Waals surface area contributed by atoms with E-state index in [1.807, 2.05) is 0 Å². The van der Waals surface area contributed by atoms with E-state index < -0.39 is 0 Å². The highest BCUT2D eigenvalue weighted by Crippen LogP contribution is 2.60. The monoisotopic (exact) mass is 613 g/mol. The smallest absolute Gasteiger partial charge is 0.137 e. The fourth-order valence-electron chi connectivity index (χ4n) is 10.6. The molecule has 0 aromatic rings. The Morgan fingerprint density at radius 1 is 0.932 bits per heavy atom. The van der Waals surface area contributed by atoms with Gasteiger partial charge in [-0.15, -0.1) is 0 Å². The van der Waals surface area contributed by atoms with Crippen molar-refractivity contribution in [1.82, 2.24) is 4.90 Å². The molecule has 44 heavy (non-hydrogen) atoms. The van der Waals surface area contributed by atoms with Crippen LogP contribution in [0.1, 0.15) is 85.5 Å². The van der Waals surface area contributed by atoms with E-state index in [0.717, 1.165) is 51.3 Å². The Morgan fingerprint density at radius 3 is 2.41 bits per heavy atom. The molecule has 6 aliphatic rings. The first-order valence-electron chi connectivity index (χ1n) is 17.9. The average molecular weight is 614 g/mol. The number of hydrogen-bond donors (Lipinski definition) is 0. The molecule has 2 saturated heterocycles. The van der Waals surface area contributed by atoms with Gasteiger partial charge in [-0.25, -0.2) is 0 Å². The third-order valence-electron chi connectivity index (χ3n) is 12.4. The molecule has 2 heterocycles. The van der Waals surface area contributed by atoms with Gasteiger partial charge in [-0.1, -0.05) is 43.1 Å². The van der Waals surface area contributed by atoms with E-state index in [0.29, 0.717) is 87.2 Å². The summed E-state index contributed by atoms with van der Waals surface area (Å²) in [4.78, 5) is 15.1. The van der Waals surface area contributed by atoms with Crippen LogP contribution in [0.15, 0.2) is 22.3 Å². The number of ether oxygens (including phenoxy) is 5. The summed E-state index contributed by atoms with van der Waals surface area (Å²) in [6.07, 6.45) is 10.2. The topological polar surface area (TPSA) is 66.5 Å². The van der Waals surface area contributed by atoms with E-state index in [2.05, 4.69) is 32.6 Å². The highest BCUT2D eigenvalue weighted by atomic mass is 16.6. The first kappa shape index (κ1) is 32.8. The Morgan fingerprint density at radius 2 is 1.66 bits per heavy atom. The van der Waals surface area contributed by atoms with E-state index >= 15 is 0 Å². The predicted octanol–water partition coefficient (Wildman–Crippen LogP) is 6.01. The second-order valence-electron chi connectivity index (χ2n) is 15.2. The van der Waals surface area contributed by atoms with Crippen molar-refractivity contribution >= 4 is 5.78 Å². The molecule has 0 N–H and O–H groups in total. The molecule has 0 amide bonds. The molecule has 248 valence electrons. The van der Waals surface area contributed by atoms with E-state index in [1.165, 1.54) is 37.7 Å². The number of piperidine rings is 1. The molecule has 0 unspecified atom stereocenters. The number of ketones is 1. The largest absolute Gasteiger partial charge is 0.382 e. The van der Waals surface area contributed by atoms with Gasteiger partial charge in [-0.05, 0) is 81.5 Å². The van der Waals surface area contributed by atoms with Crippen LogP contribution in [0.5, 0.6) is 0 Å². The summed E-state index contributed by atoms with van der Waals surface area (Å²) in [6, 6.07) is 0.474. The highest BCUT2D eigenvalue weighted by Gasteiger charge is 2.58. The zero-order valence-electron chi connectivity index (χ0n) is 28.2. The summed E-state index contributed by atoms with van der Waals surface area (Å²) in [5.74, 6) is 4.23. The van der Waals surface area contributed by atoms with Crippen LogP contribution in [-0.4, -0.2) is 94.9 Å². The number of rotatable bonds is 12.